The Kier molecular flexibility index (Phi) is 8.35. The van der Waals surface area contributed by atoms with Gasteiger partial charge in [-0.2, -0.15) is 5.10 Å². The lowest BCUT2D eigenvalue weighted by Crippen LogP contribution is -2.23. The Morgan fingerprint density at radius 2 is 1.83 bits per heavy atom. The van der Waals surface area contributed by atoms with E-state index in [9.17, 15) is 4.79 Å². The molecule has 0 heterocycles. The van der Waals surface area contributed by atoms with E-state index in [-0.39, 0.29) is 5.75 Å². The van der Waals surface area contributed by atoms with E-state index in [1.165, 1.54) is 39.1 Å². The number of nitrogens with zero attached hydrogens (tertiary/aromatic N) is 2. The molecule has 0 aliphatic rings. The van der Waals surface area contributed by atoms with Crippen LogP contribution in [0.2, 0.25) is 0 Å². The molecule has 0 aromatic heterocycles. The SMILES string of the molecule is COc1cc(C=NN=C(N)SCc2ccccc2)cc(OC)c1OC(C)C(=O)O. The zero-order chi connectivity index (χ0) is 21.2. The minimum atomic E-state index is -1.10. The number of hydrogen-bond donors (Lipinski definition) is 2. The van der Waals surface area contributed by atoms with Gasteiger partial charge in [0.2, 0.25) is 5.75 Å². The number of benzene rings is 2. The van der Waals surface area contributed by atoms with E-state index >= 15 is 0 Å². The summed E-state index contributed by atoms with van der Waals surface area (Å²) in [5.41, 5.74) is 7.64. The maximum absolute atomic E-state index is 11.1. The van der Waals surface area contributed by atoms with Crippen molar-refractivity contribution in [2.45, 2.75) is 18.8 Å². The second kappa shape index (κ2) is 11.0. The fourth-order valence-electron chi connectivity index (χ4n) is 2.23. The fourth-order valence-corrected chi connectivity index (χ4v) is 2.84. The highest BCUT2D eigenvalue weighted by molar-refractivity contribution is 8.13. The Balaban J connectivity index is 2.12. The molecule has 1 atom stereocenters. The molecular weight excluding hydrogens is 394 g/mol. The molecule has 0 aliphatic carbocycles. The summed E-state index contributed by atoms with van der Waals surface area (Å²) in [5, 5.41) is 17.4. The van der Waals surface area contributed by atoms with E-state index in [1.54, 1.807) is 12.1 Å². The zero-order valence-corrected chi connectivity index (χ0v) is 17.2. The molecule has 2 aromatic carbocycles. The summed E-state index contributed by atoms with van der Waals surface area (Å²) in [5.74, 6) is 0.422. The smallest absolute Gasteiger partial charge is 0.344 e. The lowest BCUT2D eigenvalue weighted by Gasteiger charge is -2.17. The topological polar surface area (TPSA) is 116 Å². The lowest BCUT2D eigenvalue weighted by molar-refractivity contribution is -0.144. The molecule has 0 spiro atoms. The maximum Gasteiger partial charge on any atom is 0.344 e. The summed E-state index contributed by atoms with van der Waals surface area (Å²) in [6.45, 7) is 1.42. The number of amidine groups is 1. The van der Waals surface area contributed by atoms with Gasteiger partial charge in [-0.25, -0.2) is 4.79 Å². The van der Waals surface area contributed by atoms with Crippen LogP contribution in [0.15, 0.2) is 52.7 Å². The van der Waals surface area contributed by atoms with Gasteiger partial charge in [-0.15, -0.1) is 5.10 Å². The Morgan fingerprint density at radius 1 is 1.21 bits per heavy atom. The van der Waals surface area contributed by atoms with Gasteiger partial charge in [-0.3, -0.25) is 0 Å². The van der Waals surface area contributed by atoms with Gasteiger partial charge in [-0.1, -0.05) is 42.1 Å². The maximum atomic E-state index is 11.1. The van der Waals surface area contributed by atoms with Crippen molar-refractivity contribution in [1.82, 2.24) is 0 Å². The molecule has 0 saturated carbocycles. The van der Waals surface area contributed by atoms with Crippen molar-refractivity contribution in [1.29, 1.82) is 0 Å². The molecule has 1 unspecified atom stereocenters. The van der Waals surface area contributed by atoms with Crippen molar-refractivity contribution in [2.24, 2.45) is 15.9 Å². The Hall–Kier alpha value is -3.20. The van der Waals surface area contributed by atoms with Gasteiger partial charge in [-0.05, 0) is 24.6 Å². The van der Waals surface area contributed by atoms with E-state index in [2.05, 4.69) is 10.2 Å². The van der Waals surface area contributed by atoms with Crippen LogP contribution in [0.4, 0.5) is 0 Å². The molecule has 8 nitrogen and oxygen atoms in total. The van der Waals surface area contributed by atoms with Gasteiger partial charge in [0.1, 0.15) is 0 Å². The second-order valence-electron chi connectivity index (χ2n) is 5.81. The Bertz CT molecular complexity index is 862. The molecule has 0 fully saturated rings. The highest BCUT2D eigenvalue weighted by atomic mass is 32.2. The molecule has 0 bridgehead atoms. The van der Waals surface area contributed by atoms with Crippen LogP contribution in [0.25, 0.3) is 0 Å². The molecule has 29 heavy (non-hydrogen) atoms. The monoisotopic (exact) mass is 417 g/mol. The first kappa shape index (κ1) is 22.1. The Morgan fingerprint density at radius 3 is 2.38 bits per heavy atom. The number of nitrogens with two attached hydrogens (primary N) is 1. The number of carboxylic acids is 1. The third-order valence-electron chi connectivity index (χ3n) is 3.72. The number of hydrogen-bond acceptors (Lipinski definition) is 7. The van der Waals surface area contributed by atoms with Gasteiger partial charge in [0.15, 0.2) is 22.8 Å². The van der Waals surface area contributed by atoms with E-state index in [1.807, 2.05) is 30.3 Å². The summed E-state index contributed by atoms with van der Waals surface area (Å²) < 4.78 is 16.0. The van der Waals surface area contributed by atoms with Crippen LogP contribution >= 0.6 is 11.8 Å². The number of thioether (sulfide) groups is 1. The average Bonchev–Trinajstić information content (AvgIpc) is 2.73. The third-order valence-corrected chi connectivity index (χ3v) is 4.57. The average molecular weight is 417 g/mol. The van der Waals surface area contributed by atoms with Gasteiger partial charge in [0.05, 0.1) is 20.4 Å². The minimum absolute atomic E-state index is 0.198. The van der Waals surface area contributed by atoms with E-state index in [4.69, 9.17) is 25.1 Å². The summed E-state index contributed by atoms with van der Waals surface area (Å²) in [6, 6.07) is 13.2. The number of rotatable bonds is 9. The molecular formula is C20H23N3O5S. The summed E-state index contributed by atoms with van der Waals surface area (Å²) in [4.78, 5) is 11.1. The van der Waals surface area contributed by atoms with Crippen molar-refractivity contribution >= 4 is 29.1 Å². The normalized spacial score (nSPS) is 12.6. The lowest BCUT2D eigenvalue weighted by atomic mass is 10.2. The highest BCUT2D eigenvalue weighted by Gasteiger charge is 2.20. The first-order valence-electron chi connectivity index (χ1n) is 8.63. The standard InChI is InChI=1S/C20H23N3O5S/c1-13(19(24)25)28-18-16(26-2)9-15(10-17(18)27-3)11-22-23-20(21)29-12-14-7-5-4-6-8-14/h4-11,13H,12H2,1-3H3,(H2,21,23)(H,24,25). The predicted octanol–water partition coefficient (Wildman–Crippen LogP) is 3.14. The molecule has 2 rings (SSSR count). The molecule has 0 saturated heterocycles. The summed E-state index contributed by atoms with van der Waals surface area (Å²) in [6.07, 6.45) is 0.425. The van der Waals surface area contributed by atoms with Crippen molar-refractivity contribution in [3.05, 3.63) is 53.6 Å². The summed E-state index contributed by atoms with van der Waals surface area (Å²) in [7, 11) is 2.90. The van der Waals surface area contributed by atoms with Crippen LogP contribution in [0.1, 0.15) is 18.1 Å². The number of methoxy groups -OCH3 is 2. The zero-order valence-electron chi connectivity index (χ0n) is 16.4. The number of carbonyl (C=O) groups is 1. The van der Waals surface area contributed by atoms with Crippen molar-refractivity contribution in [2.75, 3.05) is 14.2 Å². The van der Waals surface area contributed by atoms with Crippen LogP contribution in [0.3, 0.4) is 0 Å². The van der Waals surface area contributed by atoms with Crippen LogP contribution < -0.4 is 19.9 Å². The van der Waals surface area contributed by atoms with Crippen molar-refractivity contribution < 1.29 is 24.1 Å². The molecule has 0 aliphatic heterocycles. The van der Waals surface area contributed by atoms with Crippen molar-refractivity contribution in [3.8, 4) is 17.2 Å². The quantitative estimate of drug-likeness (QED) is 0.366. The van der Waals surface area contributed by atoms with Crippen LogP contribution in [-0.2, 0) is 10.5 Å². The molecule has 3 N–H and O–H groups in total. The number of carboxylic acid groups (broad SMARTS) is 1. The largest absolute Gasteiger partial charge is 0.493 e. The Labute approximate surface area is 173 Å². The second-order valence-corrected chi connectivity index (χ2v) is 6.81. The fraction of sp³-hybridized carbons (Fsp3) is 0.250. The first-order valence-corrected chi connectivity index (χ1v) is 9.61. The number of ether oxygens (including phenoxy) is 3. The molecule has 0 amide bonds. The van der Waals surface area contributed by atoms with Crippen LogP contribution in [-0.4, -0.2) is 42.8 Å². The van der Waals surface area contributed by atoms with Crippen LogP contribution in [0, 0.1) is 0 Å². The molecule has 0 radical (unpaired) electrons. The van der Waals surface area contributed by atoms with E-state index < -0.39 is 12.1 Å². The van der Waals surface area contributed by atoms with Crippen molar-refractivity contribution in [3.63, 3.8) is 0 Å². The first-order chi connectivity index (χ1) is 13.9. The number of aliphatic carboxylic acids is 1. The van der Waals surface area contributed by atoms with Gasteiger partial charge >= 0.3 is 5.97 Å². The predicted molar refractivity (Wildman–Crippen MR) is 114 cm³/mol. The van der Waals surface area contributed by atoms with Gasteiger partial charge < -0.3 is 25.1 Å². The minimum Gasteiger partial charge on any atom is -0.493 e. The molecule has 2 aromatic rings. The van der Waals surface area contributed by atoms with E-state index in [0.29, 0.717) is 28.0 Å². The van der Waals surface area contributed by atoms with Gasteiger partial charge in [0.25, 0.3) is 0 Å². The third kappa shape index (κ3) is 6.72. The van der Waals surface area contributed by atoms with Crippen LogP contribution in [0.5, 0.6) is 17.2 Å². The molecule has 154 valence electrons. The van der Waals surface area contributed by atoms with Gasteiger partial charge in [0, 0.05) is 11.3 Å². The highest BCUT2D eigenvalue weighted by Crippen LogP contribution is 2.39. The molecule has 9 heteroatoms. The summed E-state index contributed by atoms with van der Waals surface area (Å²) >= 11 is 1.38. The van der Waals surface area contributed by atoms with E-state index in [0.717, 1.165) is 5.56 Å².